The van der Waals surface area contributed by atoms with E-state index in [-0.39, 0.29) is 6.04 Å². The summed E-state index contributed by atoms with van der Waals surface area (Å²) in [5.41, 5.74) is 0. The monoisotopic (exact) mass is 281 g/mol. The van der Waals surface area contributed by atoms with Crippen molar-refractivity contribution in [1.82, 2.24) is 14.2 Å². The van der Waals surface area contributed by atoms with Gasteiger partial charge in [-0.3, -0.25) is 9.88 Å². The summed E-state index contributed by atoms with van der Waals surface area (Å²) in [5.74, 6) is 0. The average molecular weight is 281 g/mol. The Morgan fingerprint density at radius 3 is 2.95 bits per heavy atom. The Bertz CT molecular complexity index is 546. The van der Waals surface area contributed by atoms with Crippen molar-refractivity contribution in [2.24, 2.45) is 0 Å². The summed E-state index contributed by atoms with van der Waals surface area (Å²) in [4.78, 5) is 6.64. The minimum Gasteiger partial charge on any atom is -0.297 e. The summed E-state index contributed by atoms with van der Waals surface area (Å²) in [7, 11) is -3.41. The zero-order valence-corrected chi connectivity index (χ0v) is 11.9. The molecule has 2 saturated heterocycles. The summed E-state index contributed by atoms with van der Waals surface area (Å²) < 4.78 is 27.0. The molecule has 3 heterocycles. The number of nitrogens with zero attached hydrogens (tertiary/aromatic N) is 3. The van der Waals surface area contributed by atoms with Crippen LogP contribution in [-0.2, 0) is 10.0 Å². The second kappa shape index (κ2) is 4.85. The molecule has 2 atom stereocenters. The van der Waals surface area contributed by atoms with Gasteiger partial charge < -0.3 is 0 Å². The van der Waals surface area contributed by atoms with Crippen LogP contribution in [0.1, 0.15) is 19.8 Å². The number of sulfonamides is 1. The molecule has 0 saturated carbocycles. The van der Waals surface area contributed by atoms with E-state index in [4.69, 9.17) is 0 Å². The molecule has 0 N–H and O–H groups in total. The number of rotatable bonds is 2. The lowest BCUT2D eigenvalue weighted by atomic mass is 10.1. The number of hydrogen-bond donors (Lipinski definition) is 0. The molecule has 2 aliphatic heterocycles. The highest BCUT2D eigenvalue weighted by molar-refractivity contribution is 7.89. The molecule has 2 aliphatic rings. The molecule has 0 unspecified atom stereocenters. The van der Waals surface area contributed by atoms with Crippen molar-refractivity contribution in [3.05, 3.63) is 24.5 Å². The van der Waals surface area contributed by atoms with Crippen molar-refractivity contribution in [1.29, 1.82) is 0 Å². The fourth-order valence-corrected chi connectivity index (χ4v) is 4.75. The van der Waals surface area contributed by atoms with Gasteiger partial charge in [0.1, 0.15) is 4.90 Å². The predicted molar refractivity (Wildman–Crippen MR) is 72.2 cm³/mol. The standard InChI is InChI=1S/C13H19N3O2S/c1-11-9-15-7-3-4-12(15)10-16(11)19(17,18)13-5-2-6-14-8-13/h2,5-6,8,11-12H,3-4,7,9-10H2,1H3/t11-,12+/m1/s1. The van der Waals surface area contributed by atoms with Crippen LogP contribution >= 0.6 is 0 Å². The summed E-state index contributed by atoms with van der Waals surface area (Å²) in [6.07, 6.45) is 5.31. The highest BCUT2D eigenvalue weighted by Crippen LogP contribution is 2.28. The molecule has 0 radical (unpaired) electrons. The molecule has 5 nitrogen and oxygen atoms in total. The number of hydrogen-bond acceptors (Lipinski definition) is 4. The smallest absolute Gasteiger partial charge is 0.244 e. The van der Waals surface area contributed by atoms with E-state index >= 15 is 0 Å². The first-order valence-electron chi connectivity index (χ1n) is 6.75. The molecule has 6 heteroatoms. The fraction of sp³-hybridized carbons (Fsp3) is 0.615. The van der Waals surface area contributed by atoms with Crippen LogP contribution in [0, 0.1) is 0 Å². The Balaban J connectivity index is 1.89. The second-order valence-corrected chi connectivity index (χ2v) is 7.29. The van der Waals surface area contributed by atoms with Gasteiger partial charge in [-0.1, -0.05) is 0 Å². The second-order valence-electron chi connectivity index (χ2n) is 5.40. The van der Waals surface area contributed by atoms with Crippen LogP contribution < -0.4 is 0 Å². The molecule has 0 aliphatic carbocycles. The van der Waals surface area contributed by atoms with Gasteiger partial charge in [0.15, 0.2) is 0 Å². The van der Waals surface area contributed by atoms with Gasteiger partial charge in [-0.05, 0) is 38.4 Å². The third-order valence-electron chi connectivity index (χ3n) is 4.12. The van der Waals surface area contributed by atoms with E-state index in [1.54, 1.807) is 22.6 Å². The van der Waals surface area contributed by atoms with Gasteiger partial charge in [0.2, 0.25) is 10.0 Å². The van der Waals surface area contributed by atoms with Crippen LogP contribution in [0.3, 0.4) is 0 Å². The Hall–Kier alpha value is -0.980. The van der Waals surface area contributed by atoms with E-state index in [1.165, 1.54) is 12.6 Å². The molecule has 3 rings (SSSR count). The van der Waals surface area contributed by atoms with Crippen LogP contribution in [0.5, 0.6) is 0 Å². The van der Waals surface area contributed by atoms with Gasteiger partial charge in [0.25, 0.3) is 0 Å². The fourth-order valence-electron chi connectivity index (χ4n) is 3.13. The zero-order valence-electron chi connectivity index (χ0n) is 11.1. The number of pyridine rings is 1. The molecular formula is C13H19N3O2S. The van der Waals surface area contributed by atoms with Gasteiger partial charge in [0, 0.05) is 37.6 Å². The molecule has 104 valence electrons. The molecule has 1 aromatic heterocycles. The number of aromatic nitrogens is 1. The number of fused-ring (bicyclic) bond motifs is 1. The number of piperazine rings is 1. The highest BCUT2D eigenvalue weighted by Gasteiger charge is 2.40. The van der Waals surface area contributed by atoms with Crippen LogP contribution in [0.4, 0.5) is 0 Å². The normalized spacial score (nSPS) is 29.3. The summed E-state index contributed by atoms with van der Waals surface area (Å²) in [5, 5.41) is 0. The van der Waals surface area contributed by atoms with Crippen LogP contribution in [0.2, 0.25) is 0 Å². The van der Waals surface area contributed by atoms with Crippen molar-refractivity contribution >= 4 is 10.0 Å². The summed E-state index contributed by atoms with van der Waals surface area (Å²) in [6.45, 7) is 4.54. The minimum atomic E-state index is -3.41. The Morgan fingerprint density at radius 2 is 2.21 bits per heavy atom. The molecule has 0 bridgehead atoms. The quantitative estimate of drug-likeness (QED) is 0.809. The van der Waals surface area contributed by atoms with E-state index in [0.29, 0.717) is 17.5 Å². The molecule has 2 fully saturated rings. The highest BCUT2D eigenvalue weighted by atomic mass is 32.2. The van der Waals surface area contributed by atoms with E-state index in [1.807, 2.05) is 6.92 Å². The maximum atomic E-state index is 12.7. The SMILES string of the molecule is C[C@@H]1CN2CCC[C@H]2CN1S(=O)(=O)c1cccnc1. The summed E-state index contributed by atoms with van der Waals surface area (Å²) >= 11 is 0. The van der Waals surface area contributed by atoms with Gasteiger partial charge in [-0.15, -0.1) is 0 Å². The van der Waals surface area contributed by atoms with Crippen molar-refractivity contribution < 1.29 is 8.42 Å². The average Bonchev–Trinajstić information content (AvgIpc) is 2.85. The lowest BCUT2D eigenvalue weighted by Gasteiger charge is -2.41. The van der Waals surface area contributed by atoms with Crippen LogP contribution in [0.15, 0.2) is 29.4 Å². The molecular weight excluding hydrogens is 262 g/mol. The van der Waals surface area contributed by atoms with Crippen molar-refractivity contribution in [2.75, 3.05) is 19.6 Å². The molecule has 0 spiro atoms. The Labute approximate surface area is 114 Å². The largest absolute Gasteiger partial charge is 0.297 e. The zero-order chi connectivity index (χ0) is 13.5. The summed E-state index contributed by atoms with van der Waals surface area (Å²) in [6, 6.07) is 3.71. The van der Waals surface area contributed by atoms with Crippen molar-refractivity contribution in [2.45, 2.75) is 36.7 Å². The Kier molecular flexibility index (Phi) is 3.32. The third-order valence-corrected chi connectivity index (χ3v) is 6.08. The van der Waals surface area contributed by atoms with Gasteiger partial charge in [-0.25, -0.2) is 8.42 Å². The maximum absolute atomic E-state index is 12.7. The third kappa shape index (κ3) is 2.28. The van der Waals surface area contributed by atoms with Crippen molar-refractivity contribution in [3.8, 4) is 0 Å². The molecule has 0 aromatic carbocycles. The lowest BCUT2D eigenvalue weighted by Crippen LogP contribution is -2.56. The van der Waals surface area contributed by atoms with E-state index in [9.17, 15) is 8.42 Å². The van der Waals surface area contributed by atoms with E-state index in [2.05, 4.69) is 9.88 Å². The topological polar surface area (TPSA) is 53.5 Å². The van der Waals surface area contributed by atoms with Gasteiger partial charge in [-0.2, -0.15) is 4.31 Å². The van der Waals surface area contributed by atoms with Gasteiger partial charge >= 0.3 is 0 Å². The minimum absolute atomic E-state index is 0.0274. The molecule has 0 amide bonds. The maximum Gasteiger partial charge on any atom is 0.244 e. The predicted octanol–water partition coefficient (Wildman–Crippen LogP) is 0.939. The van der Waals surface area contributed by atoms with Gasteiger partial charge in [0.05, 0.1) is 0 Å². The van der Waals surface area contributed by atoms with Crippen LogP contribution in [0.25, 0.3) is 0 Å². The molecule has 1 aromatic rings. The first-order chi connectivity index (χ1) is 9.09. The lowest BCUT2D eigenvalue weighted by molar-refractivity contribution is 0.117. The van der Waals surface area contributed by atoms with Crippen LogP contribution in [-0.4, -0.2) is 54.3 Å². The molecule has 19 heavy (non-hydrogen) atoms. The first-order valence-corrected chi connectivity index (χ1v) is 8.19. The van der Waals surface area contributed by atoms with Crippen molar-refractivity contribution in [3.63, 3.8) is 0 Å². The van der Waals surface area contributed by atoms with E-state index in [0.717, 1.165) is 19.5 Å². The van der Waals surface area contributed by atoms with E-state index < -0.39 is 10.0 Å². The Morgan fingerprint density at radius 1 is 1.37 bits per heavy atom. The first kappa shape index (κ1) is 13.0.